The molecule has 2 atom stereocenters. The molecule has 0 spiro atoms. The number of hydrogen-bond donors (Lipinski definition) is 1. The zero-order chi connectivity index (χ0) is 12.6. The van der Waals surface area contributed by atoms with E-state index >= 15 is 0 Å². The highest BCUT2D eigenvalue weighted by Gasteiger charge is 2.43. The van der Waals surface area contributed by atoms with E-state index < -0.39 is 5.60 Å². The van der Waals surface area contributed by atoms with E-state index in [0.29, 0.717) is 17.5 Å². The third-order valence-corrected chi connectivity index (χ3v) is 4.32. The van der Waals surface area contributed by atoms with Gasteiger partial charge in [0.2, 0.25) is 0 Å². The van der Waals surface area contributed by atoms with Crippen LogP contribution in [0.2, 0.25) is 0 Å². The van der Waals surface area contributed by atoms with Crippen molar-refractivity contribution in [2.24, 2.45) is 0 Å². The molecule has 4 heteroatoms. The molecule has 3 heterocycles. The third-order valence-electron chi connectivity index (χ3n) is 4.32. The van der Waals surface area contributed by atoms with Crippen LogP contribution in [-0.4, -0.2) is 41.2 Å². The van der Waals surface area contributed by atoms with Crippen LogP contribution in [0.1, 0.15) is 31.4 Å². The molecule has 2 aliphatic rings. The smallest absolute Gasteiger partial charge is 0.143 e. The minimum Gasteiger partial charge on any atom is -0.495 e. The molecule has 2 saturated heterocycles. The normalized spacial score (nSPS) is 32.2. The fraction of sp³-hybridized carbons (Fsp3) is 0.643. The third kappa shape index (κ3) is 1.89. The van der Waals surface area contributed by atoms with Gasteiger partial charge in [0.25, 0.3) is 0 Å². The summed E-state index contributed by atoms with van der Waals surface area (Å²) < 4.78 is 5.34. The van der Waals surface area contributed by atoms with Crippen LogP contribution in [0.3, 0.4) is 0 Å². The summed E-state index contributed by atoms with van der Waals surface area (Å²) in [4.78, 5) is 6.86. The summed E-state index contributed by atoms with van der Waals surface area (Å²) in [6, 6.07) is 4.23. The molecule has 2 fully saturated rings. The van der Waals surface area contributed by atoms with E-state index in [1.165, 1.54) is 19.4 Å². The molecule has 0 radical (unpaired) electrons. The number of methoxy groups -OCH3 is 1. The quantitative estimate of drug-likeness (QED) is 0.862. The zero-order valence-corrected chi connectivity index (χ0v) is 10.8. The van der Waals surface area contributed by atoms with Crippen LogP contribution in [0.5, 0.6) is 5.75 Å². The topological polar surface area (TPSA) is 45.6 Å². The fourth-order valence-corrected chi connectivity index (χ4v) is 3.36. The predicted octanol–water partition coefficient (Wildman–Crippen LogP) is 1.54. The van der Waals surface area contributed by atoms with Gasteiger partial charge >= 0.3 is 0 Å². The number of aliphatic hydroxyl groups is 1. The molecule has 0 aromatic carbocycles. The molecule has 4 nitrogen and oxygen atoms in total. The van der Waals surface area contributed by atoms with E-state index in [2.05, 4.69) is 9.88 Å². The maximum Gasteiger partial charge on any atom is 0.143 e. The van der Waals surface area contributed by atoms with Gasteiger partial charge in [0.15, 0.2) is 0 Å². The number of pyridine rings is 1. The number of piperidine rings is 1. The molecule has 98 valence electrons. The highest BCUT2D eigenvalue weighted by Crippen LogP contribution is 2.41. The average molecular weight is 248 g/mol. The molecule has 2 unspecified atom stereocenters. The van der Waals surface area contributed by atoms with Crippen LogP contribution in [-0.2, 0) is 5.60 Å². The van der Waals surface area contributed by atoms with Gasteiger partial charge in [-0.3, -0.25) is 4.98 Å². The fourth-order valence-electron chi connectivity index (χ4n) is 3.36. The number of rotatable bonds is 2. The molecule has 1 aromatic heterocycles. The first kappa shape index (κ1) is 11.9. The van der Waals surface area contributed by atoms with Crippen molar-refractivity contribution in [3.63, 3.8) is 0 Å². The maximum absolute atomic E-state index is 10.9. The second kappa shape index (κ2) is 4.52. The van der Waals surface area contributed by atoms with E-state index in [1.807, 2.05) is 12.1 Å². The first-order valence-corrected chi connectivity index (χ1v) is 6.69. The summed E-state index contributed by atoms with van der Waals surface area (Å²) >= 11 is 0. The molecule has 1 N–H and O–H groups in total. The second-order valence-electron chi connectivity index (χ2n) is 5.37. The van der Waals surface area contributed by atoms with Gasteiger partial charge in [0, 0.05) is 18.8 Å². The first-order chi connectivity index (χ1) is 8.73. The highest BCUT2D eigenvalue weighted by molar-refractivity contribution is 5.32. The number of ether oxygens (including phenoxy) is 1. The second-order valence-corrected chi connectivity index (χ2v) is 5.37. The lowest BCUT2D eigenvalue weighted by molar-refractivity contribution is -0.0455. The Bertz CT molecular complexity index is 438. The first-order valence-electron chi connectivity index (χ1n) is 6.69. The largest absolute Gasteiger partial charge is 0.495 e. The highest BCUT2D eigenvalue weighted by atomic mass is 16.5. The summed E-state index contributed by atoms with van der Waals surface area (Å²) in [5.74, 6) is 0.700. The number of fused-ring (bicyclic) bond motifs is 1. The summed E-state index contributed by atoms with van der Waals surface area (Å²) in [5, 5.41) is 10.9. The standard InChI is InChI=1S/C14H20N2O2/c1-18-12-5-2-7-15-13(12)14(17)6-9-16-8-3-4-11(16)10-14/h2,5,7,11,17H,3-4,6,8-10H2,1H3. The molecular weight excluding hydrogens is 228 g/mol. The van der Waals surface area contributed by atoms with Crippen molar-refractivity contribution in [2.45, 2.75) is 37.3 Å². The summed E-state index contributed by atoms with van der Waals surface area (Å²) in [6.45, 7) is 2.14. The van der Waals surface area contributed by atoms with E-state index in [4.69, 9.17) is 4.74 Å². The average Bonchev–Trinajstić information content (AvgIpc) is 2.85. The van der Waals surface area contributed by atoms with E-state index in [9.17, 15) is 5.11 Å². The predicted molar refractivity (Wildman–Crippen MR) is 68.5 cm³/mol. The van der Waals surface area contributed by atoms with Gasteiger partial charge < -0.3 is 14.7 Å². The lowest BCUT2D eigenvalue weighted by Gasteiger charge is -2.40. The van der Waals surface area contributed by atoms with Crippen molar-refractivity contribution >= 4 is 0 Å². The minimum atomic E-state index is -0.821. The van der Waals surface area contributed by atoms with Crippen molar-refractivity contribution in [3.05, 3.63) is 24.0 Å². The monoisotopic (exact) mass is 248 g/mol. The van der Waals surface area contributed by atoms with E-state index in [0.717, 1.165) is 19.4 Å². The van der Waals surface area contributed by atoms with Crippen molar-refractivity contribution < 1.29 is 9.84 Å². The molecule has 0 amide bonds. The molecule has 3 rings (SSSR count). The molecular formula is C14H20N2O2. The van der Waals surface area contributed by atoms with Crippen molar-refractivity contribution in [1.82, 2.24) is 9.88 Å². The molecule has 18 heavy (non-hydrogen) atoms. The Hall–Kier alpha value is -1.13. The van der Waals surface area contributed by atoms with Crippen LogP contribution < -0.4 is 4.74 Å². The number of hydrogen-bond acceptors (Lipinski definition) is 4. The van der Waals surface area contributed by atoms with Crippen LogP contribution in [0.25, 0.3) is 0 Å². The van der Waals surface area contributed by atoms with Crippen molar-refractivity contribution in [3.8, 4) is 5.75 Å². The van der Waals surface area contributed by atoms with Crippen LogP contribution in [0, 0.1) is 0 Å². The number of nitrogens with zero attached hydrogens (tertiary/aromatic N) is 2. The van der Waals surface area contributed by atoms with Gasteiger partial charge in [0.1, 0.15) is 17.0 Å². The van der Waals surface area contributed by atoms with E-state index in [1.54, 1.807) is 13.3 Å². The number of aromatic nitrogens is 1. The zero-order valence-electron chi connectivity index (χ0n) is 10.8. The minimum absolute atomic E-state index is 0.510. The lowest BCUT2D eigenvalue weighted by atomic mass is 9.83. The van der Waals surface area contributed by atoms with Crippen LogP contribution in [0.15, 0.2) is 18.3 Å². The lowest BCUT2D eigenvalue weighted by Crippen LogP contribution is -2.46. The Morgan fingerprint density at radius 1 is 1.50 bits per heavy atom. The SMILES string of the molecule is COc1cccnc1C1(O)CCN2CCCC2C1. The molecule has 1 aromatic rings. The summed E-state index contributed by atoms with van der Waals surface area (Å²) in [7, 11) is 1.63. The molecule has 0 aliphatic carbocycles. The molecule has 0 saturated carbocycles. The van der Waals surface area contributed by atoms with Crippen LogP contribution >= 0.6 is 0 Å². The maximum atomic E-state index is 10.9. The molecule has 0 bridgehead atoms. The van der Waals surface area contributed by atoms with Crippen LogP contribution in [0.4, 0.5) is 0 Å². The van der Waals surface area contributed by atoms with Gasteiger partial charge in [0.05, 0.1) is 7.11 Å². The summed E-state index contributed by atoms with van der Waals surface area (Å²) in [5.41, 5.74) is -0.114. The van der Waals surface area contributed by atoms with Crippen molar-refractivity contribution in [1.29, 1.82) is 0 Å². The Balaban J connectivity index is 1.90. The molecule has 2 aliphatic heterocycles. The van der Waals surface area contributed by atoms with E-state index in [-0.39, 0.29) is 0 Å². The Morgan fingerprint density at radius 2 is 2.39 bits per heavy atom. The summed E-state index contributed by atoms with van der Waals surface area (Å²) in [6.07, 6.45) is 5.70. The Kier molecular flexibility index (Phi) is 2.99. The van der Waals surface area contributed by atoms with Gasteiger partial charge in [-0.1, -0.05) is 0 Å². The Morgan fingerprint density at radius 3 is 3.22 bits per heavy atom. The van der Waals surface area contributed by atoms with Gasteiger partial charge in [-0.2, -0.15) is 0 Å². The van der Waals surface area contributed by atoms with Gasteiger partial charge in [-0.05, 0) is 44.4 Å². The van der Waals surface area contributed by atoms with Crippen molar-refractivity contribution in [2.75, 3.05) is 20.2 Å². The van der Waals surface area contributed by atoms with Gasteiger partial charge in [-0.25, -0.2) is 0 Å². The van der Waals surface area contributed by atoms with Gasteiger partial charge in [-0.15, -0.1) is 0 Å². The Labute approximate surface area is 108 Å².